The summed E-state index contributed by atoms with van der Waals surface area (Å²) in [6, 6.07) is 17.2. The fourth-order valence-corrected chi connectivity index (χ4v) is 3.75. The van der Waals surface area contributed by atoms with E-state index in [0.29, 0.717) is 31.8 Å². The van der Waals surface area contributed by atoms with Gasteiger partial charge in [-0.3, -0.25) is 9.69 Å². The molecule has 0 aromatic heterocycles. The van der Waals surface area contributed by atoms with Gasteiger partial charge in [-0.25, -0.2) is 4.79 Å². The van der Waals surface area contributed by atoms with Crippen molar-refractivity contribution in [1.29, 1.82) is 0 Å². The molecule has 5 heteroatoms. The van der Waals surface area contributed by atoms with Crippen molar-refractivity contribution in [2.45, 2.75) is 53.9 Å². The molecule has 0 aliphatic carbocycles. The van der Waals surface area contributed by atoms with E-state index in [9.17, 15) is 9.59 Å². The van der Waals surface area contributed by atoms with Gasteiger partial charge in [0.05, 0.1) is 0 Å². The summed E-state index contributed by atoms with van der Waals surface area (Å²) in [6.07, 6.45) is 2.23. The quantitative estimate of drug-likeness (QED) is 0.486. The second-order valence-corrected chi connectivity index (χ2v) is 9.56. The standard InChI is InChI=1S/C26H37N3O2/c1-20-12-14-22(15-13-20)28-25(31)29(23-10-7-6-8-11-23)17-9-16-27-24(30)18-21(2)19-26(3,4)5/h6-8,10-15,21H,9,16-19H2,1-5H3,(H,27,30)(H,28,31)/t21-/m0/s1. The Balaban J connectivity index is 1.88. The van der Waals surface area contributed by atoms with Crippen molar-refractivity contribution in [1.82, 2.24) is 5.32 Å². The van der Waals surface area contributed by atoms with Crippen LogP contribution in [-0.2, 0) is 4.79 Å². The minimum absolute atomic E-state index is 0.0760. The average Bonchev–Trinajstić information content (AvgIpc) is 2.68. The SMILES string of the molecule is Cc1ccc(NC(=O)N(CCCNC(=O)C[C@H](C)CC(C)(C)C)c2ccccc2)cc1. The molecule has 2 rings (SSSR count). The minimum atomic E-state index is -0.180. The number of anilines is 2. The van der Waals surface area contributed by atoms with Crippen molar-refractivity contribution >= 4 is 23.3 Å². The Bertz CT molecular complexity index is 826. The summed E-state index contributed by atoms with van der Waals surface area (Å²) in [4.78, 5) is 26.9. The molecular weight excluding hydrogens is 386 g/mol. The second kappa shape index (κ2) is 11.5. The lowest BCUT2D eigenvalue weighted by Gasteiger charge is -2.24. The van der Waals surface area contributed by atoms with E-state index >= 15 is 0 Å². The van der Waals surface area contributed by atoms with Crippen molar-refractivity contribution in [3.63, 3.8) is 0 Å². The van der Waals surface area contributed by atoms with E-state index in [-0.39, 0.29) is 17.4 Å². The van der Waals surface area contributed by atoms with Crippen LogP contribution in [0.2, 0.25) is 0 Å². The maximum Gasteiger partial charge on any atom is 0.326 e. The first kappa shape index (κ1) is 24.4. The molecule has 3 amide bonds. The molecule has 2 N–H and O–H groups in total. The zero-order chi connectivity index (χ0) is 22.9. The van der Waals surface area contributed by atoms with Crippen LogP contribution in [-0.4, -0.2) is 25.0 Å². The normalized spacial score (nSPS) is 12.2. The second-order valence-electron chi connectivity index (χ2n) is 9.56. The average molecular weight is 424 g/mol. The topological polar surface area (TPSA) is 61.4 Å². The van der Waals surface area contributed by atoms with E-state index < -0.39 is 0 Å². The number of hydrogen-bond donors (Lipinski definition) is 2. The number of hydrogen-bond acceptors (Lipinski definition) is 2. The van der Waals surface area contributed by atoms with E-state index in [1.165, 1.54) is 0 Å². The number of amides is 3. The Hall–Kier alpha value is -2.82. The number of para-hydroxylation sites is 1. The molecule has 1 atom stereocenters. The van der Waals surface area contributed by atoms with Crippen LogP contribution < -0.4 is 15.5 Å². The molecule has 2 aromatic rings. The molecule has 0 bridgehead atoms. The van der Waals surface area contributed by atoms with Crippen molar-refractivity contribution in [3.05, 3.63) is 60.2 Å². The molecular formula is C26H37N3O2. The van der Waals surface area contributed by atoms with E-state index in [1.54, 1.807) is 4.90 Å². The van der Waals surface area contributed by atoms with E-state index in [4.69, 9.17) is 0 Å². The summed E-state index contributed by atoms with van der Waals surface area (Å²) in [5.74, 6) is 0.424. The van der Waals surface area contributed by atoms with Gasteiger partial charge in [0.15, 0.2) is 0 Å². The predicted molar refractivity (Wildman–Crippen MR) is 129 cm³/mol. The van der Waals surface area contributed by atoms with Crippen LogP contribution in [0, 0.1) is 18.3 Å². The molecule has 0 radical (unpaired) electrons. The monoisotopic (exact) mass is 423 g/mol. The summed E-state index contributed by atoms with van der Waals surface area (Å²) in [5, 5.41) is 5.97. The number of urea groups is 1. The van der Waals surface area contributed by atoms with E-state index in [2.05, 4.69) is 38.3 Å². The summed E-state index contributed by atoms with van der Waals surface area (Å²) in [6.45, 7) is 11.8. The number of nitrogens with one attached hydrogen (secondary N) is 2. The highest BCUT2D eigenvalue weighted by atomic mass is 16.2. The van der Waals surface area contributed by atoms with Crippen LogP contribution in [0.1, 0.15) is 52.5 Å². The first-order valence-electron chi connectivity index (χ1n) is 11.1. The molecule has 168 valence electrons. The molecule has 0 fully saturated rings. The molecule has 0 spiro atoms. The third kappa shape index (κ3) is 9.24. The van der Waals surface area contributed by atoms with Gasteiger partial charge in [-0.15, -0.1) is 0 Å². The van der Waals surface area contributed by atoms with Gasteiger partial charge in [0.25, 0.3) is 0 Å². The molecule has 31 heavy (non-hydrogen) atoms. The molecule has 0 unspecified atom stereocenters. The van der Waals surface area contributed by atoms with Gasteiger partial charge in [0, 0.05) is 30.9 Å². The summed E-state index contributed by atoms with van der Waals surface area (Å²) in [5.41, 5.74) is 2.96. The fraction of sp³-hybridized carbons (Fsp3) is 0.462. The summed E-state index contributed by atoms with van der Waals surface area (Å²) >= 11 is 0. The van der Waals surface area contributed by atoms with Gasteiger partial charge in [0.2, 0.25) is 5.91 Å². The van der Waals surface area contributed by atoms with Crippen LogP contribution in [0.5, 0.6) is 0 Å². The maximum absolute atomic E-state index is 12.9. The number of carbonyl (C=O) groups is 2. The van der Waals surface area contributed by atoms with Crippen molar-refractivity contribution in [3.8, 4) is 0 Å². The molecule has 2 aromatic carbocycles. The first-order chi connectivity index (χ1) is 14.6. The summed E-state index contributed by atoms with van der Waals surface area (Å²) in [7, 11) is 0. The predicted octanol–water partition coefficient (Wildman–Crippen LogP) is 6.00. The third-order valence-electron chi connectivity index (χ3n) is 4.99. The first-order valence-corrected chi connectivity index (χ1v) is 11.1. The molecule has 0 aliphatic rings. The smallest absolute Gasteiger partial charge is 0.326 e. The van der Waals surface area contributed by atoms with Gasteiger partial charge in [0.1, 0.15) is 0 Å². The molecule has 0 saturated carbocycles. The molecule has 0 heterocycles. The lowest BCUT2D eigenvalue weighted by Crippen LogP contribution is -2.37. The van der Waals surface area contributed by atoms with Gasteiger partial charge < -0.3 is 10.6 Å². The van der Waals surface area contributed by atoms with Crippen LogP contribution in [0.25, 0.3) is 0 Å². The zero-order valence-corrected chi connectivity index (χ0v) is 19.6. The Morgan fingerprint density at radius 2 is 1.65 bits per heavy atom. The lowest BCUT2D eigenvalue weighted by molar-refractivity contribution is -0.122. The Labute approximate surface area is 187 Å². The zero-order valence-electron chi connectivity index (χ0n) is 19.6. The number of nitrogens with zero attached hydrogens (tertiary/aromatic N) is 1. The van der Waals surface area contributed by atoms with E-state index in [1.807, 2.05) is 61.5 Å². The number of aryl methyl sites for hydroxylation is 1. The van der Waals surface area contributed by atoms with Crippen LogP contribution >= 0.6 is 0 Å². The molecule has 0 saturated heterocycles. The van der Waals surface area contributed by atoms with E-state index in [0.717, 1.165) is 23.4 Å². The Morgan fingerprint density at radius 3 is 2.26 bits per heavy atom. The summed E-state index contributed by atoms with van der Waals surface area (Å²) < 4.78 is 0. The lowest BCUT2D eigenvalue weighted by atomic mass is 9.84. The number of carbonyl (C=O) groups excluding carboxylic acids is 2. The van der Waals surface area contributed by atoms with Crippen LogP contribution in [0.3, 0.4) is 0 Å². The Morgan fingerprint density at radius 1 is 1.00 bits per heavy atom. The minimum Gasteiger partial charge on any atom is -0.356 e. The molecule has 5 nitrogen and oxygen atoms in total. The molecule has 0 aliphatic heterocycles. The van der Waals surface area contributed by atoms with Crippen molar-refractivity contribution in [2.24, 2.45) is 11.3 Å². The Kier molecular flexibility index (Phi) is 9.10. The number of rotatable bonds is 9. The van der Waals surface area contributed by atoms with Crippen LogP contribution in [0.4, 0.5) is 16.2 Å². The third-order valence-corrected chi connectivity index (χ3v) is 4.99. The highest BCUT2D eigenvalue weighted by Gasteiger charge is 2.18. The highest BCUT2D eigenvalue weighted by molar-refractivity contribution is 6.01. The fourth-order valence-electron chi connectivity index (χ4n) is 3.75. The van der Waals surface area contributed by atoms with Gasteiger partial charge >= 0.3 is 6.03 Å². The van der Waals surface area contributed by atoms with Crippen molar-refractivity contribution < 1.29 is 9.59 Å². The van der Waals surface area contributed by atoms with Gasteiger partial charge in [-0.05, 0) is 55.4 Å². The largest absolute Gasteiger partial charge is 0.356 e. The van der Waals surface area contributed by atoms with Crippen molar-refractivity contribution in [2.75, 3.05) is 23.3 Å². The van der Waals surface area contributed by atoms with Gasteiger partial charge in [-0.2, -0.15) is 0 Å². The van der Waals surface area contributed by atoms with Gasteiger partial charge in [-0.1, -0.05) is 63.6 Å². The van der Waals surface area contributed by atoms with Crippen LogP contribution in [0.15, 0.2) is 54.6 Å². The maximum atomic E-state index is 12.9. The number of benzene rings is 2. The highest BCUT2D eigenvalue weighted by Crippen LogP contribution is 2.25.